The van der Waals surface area contributed by atoms with Crippen LogP contribution in [0, 0.1) is 0 Å². The molecule has 1 heterocycles. The van der Waals surface area contributed by atoms with Crippen LogP contribution >= 0.6 is 0 Å². The predicted octanol–water partition coefficient (Wildman–Crippen LogP) is 1.81. The molecular formula is C12H14O4. The number of benzene rings is 1. The maximum atomic E-state index is 11.7. The van der Waals surface area contributed by atoms with E-state index in [4.69, 9.17) is 14.2 Å². The molecule has 0 aliphatic carbocycles. The molecule has 1 aliphatic rings. The van der Waals surface area contributed by atoms with E-state index >= 15 is 0 Å². The van der Waals surface area contributed by atoms with Gasteiger partial charge in [0.2, 0.25) is 0 Å². The molecule has 0 unspecified atom stereocenters. The van der Waals surface area contributed by atoms with Crippen molar-refractivity contribution in [2.45, 2.75) is 12.8 Å². The number of carbonyl (C=O) groups excluding carboxylic acids is 1. The molecule has 0 spiro atoms. The van der Waals surface area contributed by atoms with Gasteiger partial charge >= 0.3 is 5.97 Å². The first-order chi connectivity index (χ1) is 7.77. The molecule has 1 aromatic rings. The van der Waals surface area contributed by atoms with Gasteiger partial charge in [-0.3, -0.25) is 0 Å². The molecule has 16 heavy (non-hydrogen) atoms. The van der Waals surface area contributed by atoms with Crippen molar-refractivity contribution >= 4 is 5.97 Å². The Balaban J connectivity index is 2.56. The maximum Gasteiger partial charge on any atom is 0.342 e. The van der Waals surface area contributed by atoms with Gasteiger partial charge in [0.15, 0.2) is 0 Å². The Labute approximate surface area is 94.1 Å². The second kappa shape index (κ2) is 4.43. The van der Waals surface area contributed by atoms with Crippen molar-refractivity contribution in [2.75, 3.05) is 20.8 Å². The summed E-state index contributed by atoms with van der Waals surface area (Å²) in [7, 11) is 2.91. The minimum atomic E-state index is -0.376. The Morgan fingerprint density at radius 2 is 2.19 bits per heavy atom. The average molecular weight is 222 g/mol. The van der Waals surface area contributed by atoms with Gasteiger partial charge in [-0.15, -0.1) is 0 Å². The van der Waals surface area contributed by atoms with Crippen LogP contribution < -0.4 is 9.47 Å². The van der Waals surface area contributed by atoms with Gasteiger partial charge in [0, 0.05) is 5.56 Å². The molecular weight excluding hydrogens is 208 g/mol. The third-order valence-corrected chi connectivity index (χ3v) is 2.67. The molecule has 0 saturated carbocycles. The standard InChI is InChI=1S/C12H14O4/c1-14-10-6-5-9-8(4-3-7-16-9)11(10)12(13)15-2/h5-6H,3-4,7H2,1-2H3. The second-order valence-corrected chi connectivity index (χ2v) is 3.56. The number of ether oxygens (including phenoxy) is 3. The molecule has 1 aromatic carbocycles. The summed E-state index contributed by atoms with van der Waals surface area (Å²) in [4.78, 5) is 11.7. The van der Waals surface area contributed by atoms with E-state index in [0.29, 0.717) is 17.9 Å². The summed E-state index contributed by atoms with van der Waals surface area (Å²) in [5, 5.41) is 0. The van der Waals surface area contributed by atoms with Crippen LogP contribution in [0.3, 0.4) is 0 Å². The van der Waals surface area contributed by atoms with Crippen LogP contribution in [0.25, 0.3) is 0 Å². The largest absolute Gasteiger partial charge is 0.496 e. The molecule has 0 fully saturated rings. The fourth-order valence-electron chi connectivity index (χ4n) is 1.92. The van der Waals surface area contributed by atoms with Crippen LogP contribution in [0.1, 0.15) is 22.3 Å². The number of hydrogen-bond donors (Lipinski definition) is 0. The molecule has 0 radical (unpaired) electrons. The van der Waals surface area contributed by atoms with E-state index in [9.17, 15) is 4.79 Å². The van der Waals surface area contributed by atoms with Gasteiger partial charge in [-0.1, -0.05) is 0 Å². The molecule has 4 heteroatoms. The smallest absolute Gasteiger partial charge is 0.342 e. The highest BCUT2D eigenvalue weighted by Crippen LogP contribution is 2.34. The quantitative estimate of drug-likeness (QED) is 0.716. The SMILES string of the molecule is COC(=O)c1c(OC)ccc2c1CCCO2. The van der Waals surface area contributed by atoms with E-state index in [1.807, 2.05) is 6.07 Å². The third-order valence-electron chi connectivity index (χ3n) is 2.67. The average Bonchev–Trinajstić information content (AvgIpc) is 2.36. The molecule has 0 amide bonds. The van der Waals surface area contributed by atoms with E-state index in [2.05, 4.69) is 0 Å². The van der Waals surface area contributed by atoms with E-state index < -0.39 is 0 Å². The Hall–Kier alpha value is -1.71. The Kier molecular flexibility index (Phi) is 2.99. The van der Waals surface area contributed by atoms with Crippen LogP contribution in [-0.2, 0) is 11.2 Å². The summed E-state index contributed by atoms with van der Waals surface area (Å²) in [6, 6.07) is 3.57. The number of hydrogen-bond acceptors (Lipinski definition) is 4. The summed E-state index contributed by atoms with van der Waals surface area (Å²) >= 11 is 0. The van der Waals surface area contributed by atoms with Crippen LogP contribution in [-0.4, -0.2) is 26.8 Å². The van der Waals surface area contributed by atoms with E-state index in [1.54, 1.807) is 6.07 Å². The third kappa shape index (κ3) is 1.71. The van der Waals surface area contributed by atoms with Crippen LogP contribution in [0.4, 0.5) is 0 Å². The fourth-order valence-corrected chi connectivity index (χ4v) is 1.92. The summed E-state index contributed by atoms with van der Waals surface area (Å²) < 4.78 is 15.4. The summed E-state index contributed by atoms with van der Waals surface area (Å²) in [6.07, 6.45) is 1.72. The number of fused-ring (bicyclic) bond motifs is 1. The normalized spacial score (nSPS) is 13.6. The van der Waals surface area contributed by atoms with Crippen molar-refractivity contribution < 1.29 is 19.0 Å². The van der Waals surface area contributed by atoms with Crippen molar-refractivity contribution in [1.82, 2.24) is 0 Å². The highest BCUT2D eigenvalue weighted by molar-refractivity contribution is 5.95. The molecule has 0 bridgehead atoms. The van der Waals surface area contributed by atoms with E-state index in [0.717, 1.165) is 24.2 Å². The lowest BCUT2D eigenvalue weighted by molar-refractivity contribution is 0.0594. The maximum absolute atomic E-state index is 11.7. The predicted molar refractivity (Wildman–Crippen MR) is 58.1 cm³/mol. The summed E-state index contributed by atoms with van der Waals surface area (Å²) in [5.41, 5.74) is 1.37. The summed E-state index contributed by atoms with van der Waals surface area (Å²) in [6.45, 7) is 0.694. The molecule has 1 aliphatic heterocycles. The lowest BCUT2D eigenvalue weighted by atomic mass is 9.99. The zero-order valence-electron chi connectivity index (χ0n) is 9.41. The van der Waals surface area contributed by atoms with Gasteiger partial charge in [0.05, 0.1) is 20.8 Å². The fraction of sp³-hybridized carbons (Fsp3) is 0.417. The highest BCUT2D eigenvalue weighted by atomic mass is 16.5. The van der Waals surface area contributed by atoms with E-state index in [-0.39, 0.29) is 5.97 Å². The molecule has 0 saturated heterocycles. The Morgan fingerprint density at radius 1 is 1.38 bits per heavy atom. The highest BCUT2D eigenvalue weighted by Gasteiger charge is 2.23. The van der Waals surface area contributed by atoms with Crippen LogP contribution in [0.2, 0.25) is 0 Å². The minimum absolute atomic E-state index is 0.376. The number of rotatable bonds is 2. The number of esters is 1. The monoisotopic (exact) mass is 222 g/mol. The number of carbonyl (C=O) groups is 1. The molecule has 0 N–H and O–H groups in total. The minimum Gasteiger partial charge on any atom is -0.496 e. The first-order valence-corrected chi connectivity index (χ1v) is 5.19. The molecule has 4 nitrogen and oxygen atoms in total. The van der Waals surface area contributed by atoms with Gasteiger partial charge in [0.1, 0.15) is 17.1 Å². The van der Waals surface area contributed by atoms with Crippen molar-refractivity contribution in [3.63, 3.8) is 0 Å². The molecule has 0 atom stereocenters. The number of methoxy groups -OCH3 is 2. The van der Waals surface area contributed by atoms with Gasteiger partial charge in [-0.2, -0.15) is 0 Å². The Bertz CT molecular complexity index is 412. The van der Waals surface area contributed by atoms with Gasteiger partial charge in [-0.25, -0.2) is 4.79 Å². The van der Waals surface area contributed by atoms with Crippen molar-refractivity contribution in [2.24, 2.45) is 0 Å². The first kappa shape index (κ1) is 10.8. The topological polar surface area (TPSA) is 44.8 Å². The molecule has 2 rings (SSSR count). The van der Waals surface area contributed by atoms with Crippen molar-refractivity contribution in [3.8, 4) is 11.5 Å². The van der Waals surface area contributed by atoms with Gasteiger partial charge < -0.3 is 14.2 Å². The van der Waals surface area contributed by atoms with Crippen molar-refractivity contribution in [1.29, 1.82) is 0 Å². The molecule has 0 aromatic heterocycles. The lowest BCUT2D eigenvalue weighted by Gasteiger charge is -2.20. The summed E-state index contributed by atoms with van der Waals surface area (Å²) in [5.74, 6) is 0.919. The van der Waals surface area contributed by atoms with Gasteiger partial charge in [-0.05, 0) is 25.0 Å². The van der Waals surface area contributed by atoms with Gasteiger partial charge in [0.25, 0.3) is 0 Å². The zero-order chi connectivity index (χ0) is 11.5. The Morgan fingerprint density at radius 3 is 2.88 bits per heavy atom. The van der Waals surface area contributed by atoms with Crippen LogP contribution in [0.5, 0.6) is 11.5 Å². The van der Waals surface area contributed by atoms with E-state index in [1.165, 1.54) is 14.2 Å². The molecule has 86 valence electrons. The van der Waals surface area contributed by atoms with Crippen LogP contribution in [0.15, 0.2) is 12.1 Å². The zero-order valence-corrected chi connectivity index (χ0v) is 9.41. The first-order valence-electron chi connectivity index (χ1n) is 5.19. The van der Waals surface area contributed by atoms with Crippen molar-refractivity contribution in [3.05, 3.63) is 23.3 Å². The lowest BCUT2D eigenvalue weighted by Crippen LogP contribution is -2.15. The second-order valence-electron chi connectivity index (χ2n) is 3.56.